The van der Waals surface area contributed by atoms with Crippen molar-refractivity contribution in [2.45, 2.75) is 53.4 Å². The van der Waals surface area contributed by atoms with E-state index in [0.717, 1.165) is 25.7 Å². The van der Waals surface area contributed by atoms with Gasteiger partial charge in [-0.2, -0.15) is 0 Å². The van der Waals surface area contributed by atoms with Crippen molar-refractivity contribution < 1.29 is 21.1 Å². The second-order valence-electron chi connectivity index (χ2n) is 4.95. The van der Waals surface area contributed by atoms with Gasteiger partial charge in [0.2, 0.25) is 0 Å². The molecule has 0 amide bonds. The standard InChI is InChI=1S/2C10H14.Mo/c2*1-3-9-7-5-6-8-10(9)4-2;/h2*5-8H,3-4H2,1-2H3;. The van der Waals surface area contributed by atoms with Crippen LogP contribution in [0.25, 0.3) is 0 Å². The fourth-order valence-corrected chi connectivity index (χ4v) is 2.49. The number of aryl methyl sites for hydroxylation is 4. The molecule has 0 heterocycles. The molecule has 21 heavy (non-hydrogen) atoms. The third-order valence-corrected chi connectivity index (χ3v) is 3.76. The van der Waals surface area contributed by atoms with Gasteiger partial charge < -0.3 is 0 Å². The summed E-state index contributed by atoms with van der Waals surface area (Å²) < 4.78 is 0. The summed E-state index contributed by atoms with van der Waals surface area (Å²) in [4.78, 5) is 0. The van der Waals surface area contributed by atoms with E-state index in [1.54, 1.807) is 0 Å². The van der Waals surface area contributed by atoms with Crippen LogP contribution in [0.5, 0.6) is 0 Å². The SMILES string of the molecule is CCc1ccccc1CC.CCc1ccccc1CC.[Mo]. The number of rotatable bonds is 4. The molecule has 0 aliphatic carbocycles. The van der Waals surface area contributed by atoms with Gasteiger partial charge in [-0.1, -0.05) is 76.2 Å². The Labute approximate surface area is 145 Å². The van der Waals surface area contributed by atoms with Crippen LogP contribution >= 0.6 is 0 Å². The first-order chi connectivity index (χ1) is 9.76. The maximum atomic E-state index is 2.21. The third kappa shape index (κ3) is 6.61. The van der Waals surface area contributed by atoms with Gasteiger partial charge in [-0.05, 0) is 47.9 Å². The Kier molecular flexibility index (Phi) is 11.3. The first-order valence-electron chi connectivity index (χ1n) is 7.90. The van der Waals surface area contributed by atoms with Gasteiger partial charge in [0, 0.05) is 21.1 Å². The summed E-state index contributed by atoms with van der Waals surface area (Å²) in [6.45, 7) is 8.81. The molecule has 0 aliphatic rings. The molecule has 1 heteroatoms. The molecule has 0 bridgehead atoms. The van der Waals surface area contributed by atoms with Crippen molar-refractivity contribution >= 4 is 0 Å². The fraction of sp³-hybridized carbons (Fsp3) is 0.400. The quantitative estimate of drug-likeness (QED) is 0.618. The molecule has 0 atom stereocenters. The molecule has 0 fully saturated rings. The Bertz CT molecular complexity index is 409. The van der Waals surface area contributed by atoms with Crippen LogP contribution in [0.15, 0.2) is 48.5 Å². The monoisotopic (exact) mass is 366 g/mol. The predicted molar refractivity (Wildman–Crippen MR) is 90.4 cm³/mol. The molecule has 0 saturated carbocycles. The van der Waals surface area contributed by atoms with Gasteiger partial charge in [-0.3, -0.25) is 0 Å². The van der Waals surface area contributed by atoms with Crippen LogP contribution in [0.1, 0.15) is 49.9 Å². The minimum atomic E-state index is 0. The van der Waals surface area contributed by atoms with E-state index in [-0.39, 0.29) is 21.1 Å². The maximum Gasteiger partial charge on any atom is 0 e. The van der Waals surface area contributed by atoms with E-state index in [0.29, 0.717) is 0 Å². The summed E-state index contributed by atoms with van der Waals surface area (Å²) in [5.74, 6) is 0. The predicted octanol–water partition coefficient (Wildman–Crippen LogP) is 5.62. The summed E-state index contributed by atoms with van der Waals surface area (Å²) in [5, 5.41) is 0. The molecule has 0 spiro atoms. The normalized spacial score (nSPS) is 9.33. The first-order valence-corrected chi connectivity index (χ1v) is 7.90. The van der Waals surface area contributed by atoms with Crippen molar-refractivity contribution in [2.75, 3.05) is 0 Å². The molecule has 2 aromatic rings. The maximum absolute atomic E-state index is 2.21. The smallest absolute Gasteiger partial charge is 0 e. The van der Waals surface area contributed by atoms with Gasteiger partial charge in [-0.25, -0.2) is 0 Å². The average molecular weight is 364 g/mol. The first kappa shape index (κ1) is 20.1. The summed E-state index contributed by atoms with van der Waals surface area (Å²) in [7, 11) is 0. The average Bonchev–Trinajstić information content (AvgIpc) is 2.55. The fourth-order valence-electron chi connectivity index (χ4n) is 2.49. The van der Waals surface area contributed by atoms with Crippen molar-refractivity contribution in [2.24, 2.45) is 0 Å². The summed E-state index contributed by atoms with van der Waals surface area (Å²) in [6.07, 6.45) is 4.63. The molecular formula is C20H28Mo. The number of hydrogen-bond acceptors (Lipinski definition) is 0. The summed E-state index contributed by atoms with van der Waals surface area (Å²) in [6, 6.07) is 17.3. The van der Waals surface area contributed by atoms with E-state index in [9.17, 15) is 0 Å². The van der Waals surface area contributed by atoms with Gasteiger partial charge in [0.15, 0.2) is 0 Å². The molecule has 0 N–H and O–H groups in total. The molecule has 2 aromatic carbocycles. The molecule has 0 aromatic heterocycles. The zero-order valence-electron chi connectivity index (χ0n) is 13.9. The van der Waals surface area contributed by atoms with E-state index in [4.69, 9.17) is 0 Å². The van der Waals surface area contributed by atoms with Crippen LogP contribution in [0.3, 0.4) is 0 Å². The minimum Gasteiger partial charge on any atom is -0.0620 e. The number of hydrogen-bond donors (Lipinski definition) is 0. The van der Waals surface area contributed by atoms with Crippen molar-refractivity contribution in [1.29, 1.82) is 0 Å². The Morgan fingerprint density at radius 2 is 0.667 bits per heavy atom. The number of benzene rings is 2. The summed E-state index contributed by atoms with van der Waals surface area (Å²) in [5.41, 5.74) is 5.96. The molecule has 2 rings (SSSR count). The minimum absolute atomic E-state index is 0. The third-order valence-electron chi connectivity index (χ3n) is 3.76. The van der Waals surface area contributed by atoms with Gasteiger partial charge >= 0.3 is 0 Å². The Hall–Kier alpha value is -0.872. The molecule has 114 valence electrons. The van der Waals surface area contributed by atoms with Gasteiger partial charge in [-0.15, -0.1) is 0 Å². The van der Waals surface area contributed by atoms with E-state index >= 15 is 0 Å². The molecule has 0 radical (unpaired) electrons. The van der Waals surface area contributed by atoms with Crippen molar-refractivity contribution in [3.63, 3.8) is 0 Å². The van der Waals surface area contributed by atoms with Crippen molar-refractivity contribution in [3.8, 4) is 0 Å². The molecule has 0 nitrogen and oxygen atoms in total. The van der Waals surface area contributed by atoms with Crippen molar-refractivity contribution in [1.82, 2.24) is 0 Å². The summed E-state index contributed by atoms with van der Waals surface area (Å²) >= 11 is 0. The van der Waals surface area contributed by atoms with Crippen LogP contribution in [0.2, 0.25) is 0 Å². The molecule has 0 unspecified atom stereocenters. The van der Waals surface area contributed by atoms with E-state index in [2.05, 4.69) is 76.2 Å². The largest absolute Gasteiger partial charge is 0.0620 e. The molecule has 0 aliphatic heterocycles. The van der Waals surface area contributed by atoms with E-state index in [1.807, 2.05) is 0 Å². The van der Waals surface area contributed by atoms with Crippen molar-refractivity contribution in [3.05, 3.63) is 70.8 Å². The van der Waals surface area contributed by atoms with Gasteiger partial charge in [0.05, 0.1) is 0 Å². The topological polar surface area (TPSA) is 0 Å². The Morgan fingerprint density at radius 3 is 0.810 bits per heavy atom. The molecular weight excluding hydrogens is 336 g/mol. The second-order valence-corrected chi connectivity index (χ2v) is 4.95. The van der Waals surface area contributed by atoms with Crippen LogP contribution < -0.4 is 0 Å². The zero-order valence-corrected chi connectivity index (χ0v) is 15.9. The van der Waals surface area contributed by atoms with Crippen LogP contribution in [0, 0.1) is 0 Å². The Morgan fingerprint density at radius 1 is 0.476 bits per heavy atom. The van der Waals surface area contributed by atoms with Crippen LogP contribution in [0.4, 0.5) is 0 Å². The van der Waals surface area contributed by atoms with E-state index < -0.39 is 0 Å². The van der Waals surface area contributed by atoms with Gasteiger partial charge in [0.25, 0.3) is 0 Å². The molecule has 0 saturated heterocycles. The second kappa shape index (κ2) is 11.8. The van der Waals surface area contributed by atoms with E-state index in [1.165, 1.54) is 22.3 Å². The zero-order chi connectivity index (χ0) is 14.8. The van der Waals surface area contributed by atoms with Gasteiger partial charge in [0.1, 0.15) is 0 Å². The Balaban J connectivity index is 0.000000364. The van der Waals surface area contributed by atoms with Crippen LogP contribution in [-0.2, 0) is 46.7 Å². The van der Waals surface area contributed by atoms with Crippen LogP contribution in [-0.4, -0.2) is 0 Å².